The third-order valence-electron chi connectivity index (χ3n) is 2.43. The first-order valence-electron chi connectivity index (χ1n) is 5.88. The van der Waals surface area contributed by atoms with Gasteiger partial charge in [0.25, 0.3) is 0 Å². The summed E-state index contributed by atoms with van der Waals surface area (Å²) in [6.45, 7) is 1.14. The Bertz CT molecular complexity index is 404. The van der Waals surface area contributed by atoms with Crippen molar-refractivity contribution >= 4 is 12.0 Å². The number of carboxylic acid groups (broad SMARTS) is 1. The van der Waals surface area contributed by atoms with Crippen molar-refractivity contribution in [3.05, 3.63) is 18.2 Å². The number of aliphatic carboxylic acids is 1. The second kappa shape index (κ2) is 7.37. The number of carbonyl (C=O) groups is 2. The quantitative estimate of drug-likeness (QED) is 0.521. The highest BCUT2D eigenvalue weighted by molar-refractivity contribution is 5.82. The fraction of sp³-hybridized carbons (Fsp3) is 0.545. The van der Waals surface area contributed by atoms with Crippen molar-refractivity contribution in [2.45, 2.75) is 12.5 Å². The number of aromatic nitrogens is 2. The van der Waals surface area contributed by atoms with E-state index in [-0.39, 0.29) is 6.42 Å². The van der Waals surface area contributed by atoms with Crippen LogP contribution in [0.5, 0.6) is 0 Å². The molecular weight excluding hydrogens is 250 g/mol. The summed E-state index contributed by atoms with van der Waals surface area (Å²) in [5.41, 5.74) is 0.654. The molecule has 1 heterocycles. The van der Waals surface area contributed by atoms with Gasteiger partial charge in [0.05, 0.1) is 6.33 Å². The molecule has 0 aliphatic carbocycles. The second-order valence-electron chi connectivity index (χ2n) is 4.38. The number of urea groups is 1. The van der Waals surface area contributed by atoms with Crippen LogP contribution in [0.25, 0.3) is 0 Å². The molecule has 1 aromatic rings. The van der Waals surface area contributed by atoms with E-state index in [0.717, 1.165) is 0 Å². The molecule has 0 aliphatic rings. The number of carboxylic acids is 1. The van der Waals surface area contributed by atoms with E-state index in [1.165, 1.54) is 12.5 Å². The van der Waals surface area contributed by atoms with Crippen molar-refractivity contribution in [3.63, 3.8) is 0 Å². The lowest BCUT2D eigenvalue weighted by Crippen LogP contribution is -2.48. The minimum absolute atomic E-state index is 0.163. The number of H-pyrrole nitrogens is 1. The van der Waals surface area contributed by atoms with Gasteiger partial charge in [0, 0.05) is 31.4 Å². The van der Waals surface area contributed by atoms with Crippen LogP contribution in [0.1, 0.15) is 5.69 Å². The SMILES string of the molecule is CN(C)CCNC(=O)NC(Cc1cnc[nH]1)C(=O)O. The Kier molecular flexibility index (Phi) is 5.80. The van der Waals surface area contributed by atoms with Crippen LogP contribution in [0.4, 0.5) is 4.79 Å². The van der Waals surface area contributed by atoms with E-state index in [1.807, 2.05) is 19.0 Å². The topological polar surface area (TPSA) is 110 Å². The smallest absolute Gasteiger partial charge is 0.326 e. The van der Waals surface area contributed by atoms with Crippen LogP contribution in [-0.4, -0.2) is 65.2 Å². The highest BCUT2D eigenvalue weighted by atomic mass is 16.4. The van der Waals surface area contributed by atoms with Crippen molar-refractivity contribution in [1.29, 1.82) is 0 Å². The van der Waals surface area contributed by atoms with E-state index in [0.29, 0.717) is 18.8 Å². The molecule has 4 N–H and O–H groups in total. The molecule has 8 heteroatoms. The molecule has 0 saturated heterocycles. The molecule has 1 unspecified atom stereocenters. The van der Waals surface area contributed by atoms with Gasteiger partial charge in [0.15, 0.2) is 0 Å². The maximum absolute atomic E-state index is 11.5. The lowest BCUT2D eigenvalue weighted by molar-refractivity contribution is -0.139. The predicted molar refractivity (Wildman–Crippen MR) is 68.8 cm³/mol. The standard InChI is InChI=1S/C11H19N5O3/c1-16(2)4-3-13-11(19)15-9(10(17)18)5-8-6-12-7-14-8/h6-7,9H,3-5H2,1-2H3,(H,12,14)(H,17,18)(H2,13,15,19). The summed E-state index contributed by atoms with van der Waals surface area (Å²) in [4.78, 5) is 31.1. The fourth-order valence-electron chi connectivity index (χ4n) is 1.42. The predicted octanol–water partition coefficient (Wildman–Crippen LogP) is -0.734. The van der Waals surface area contributed by atoms with E-state index >= 15 is 0 Å². The van der Waals surface area contributed by atoms with Crippen LogP contribution in [0.2, 0.25) is 0 Å². The van der Waals surface area contributed by atoms with Crippen molar-refractivity contribution in [2.24, 2.45) is 0 Å². The molecule has 0 spiro atoms. The molecule has 8 nitrogen and oxygen atoms in total. The van der Waals surface area contributed by atoms with E-state index in [9.17, 15) is 9.59 Å². The van der Waals surface area contributed by atoms with Crippen molar-refractivity contribution < 1.29 is 14.7 Å². The Morgan fingerprint density at radius 3 is 2.79 bits per heavy atom. The normalized spacial score (nSPS) is 12.2. The zero-order chi connectivity index (χ0) is 14.3. The molecule has 0 aliphatic heterocycles. The van der Waals surface area contributed by atoms with Crippen LogP contribution >= 0.6 is 0 Å². The zero-order valence-electron chi connectivity index (χ0n) is 11.0. The molecule has 1 rings (SSSR count). The Hall–Kier alpha value is -2.09. The summed E-state index contributed by atoms with van der Waals surface area (Å²) in [6, 6.07) is -1.48. The van der Waals surface area contributed by atoms with Gasteiger partial charge in [-0.2, -0.15) is 0 Å². The summed E-state index contributed by atoms with van der Waals surface area (Å²) in [5, 5.41) is 14.1. The molecule has 1 aromatic heterocycles. The number of aromatic amines is 1. The van der Waals surface area contributed by atoms with Crippen LogP contribution < -0.4 is 10.6 Å². The molecular formula is C11H19N5O3. The second-order valence-corrected chi connectivity index (χ2v) is 4.38. The molecule has 19 heavy (non-hydrogen) atoms. The Labute approximate surface area is 111 Å². The molecule has 0 fully saturated rings. The minimum Gasteiger partial charge on any atom is -0.480 e. The summed E-state index contributed by atoms with van der Waals surface area (Å²) >= 11 is 0. The Balaban J connectivity index is 2.40. The number of hydrogen-bond acceptors (Lipinski definition) is 4. The number of imidazole rings is 1. The maximum atomic E-state index is 11.5. The maximum Gasteiger partial charge on any atom is 0.326 e. The van der Waals surface area contributed by atoms with Gasteiger partial charge in [-0.05, 0) is 14.1 Å². The third kappa shape index (κ3) is 5.87. The number of nitrogens with one attached hydrogen (secondary N) is 3. The van der Waals surface area contributed by atoms with Crippen LogP contribution in [0.3, 0.4) is 0 Å². The molecule has 0 radical (unpaired) electrons. The first-order valence-corrected chi connectivity index (χ1v) is 5.88. The van der Waals surface area contributed by atoms with Gasteiger partial charge in [-0.15, -0.1) is 0 Å². The zero-order valence-corrected chi connectivity index (χ0v) is 11.0. The number of carbonyl (C=O) groups excluding carboxylic acids is 1. The van der Waals surface area contributed by atoms with Gasteiger partial charge in [-0.3, -0.25) is 0 Å². The van der Waals surface area contributed by atoms with Gasteiger partial charge in [-0.25, -0.2) is 14.6 Å². The number of nitrogens with zero attached hydrogens (tertiary/aromatic N) is 2. The van der Waals surface area contributed by atoms with Gasteiger partial charge in [0.2, 0.25) is 0 Å². The largest absolute Gasteiger partial charge is 0.480 e. The van der Waals surface area contributed by atoms with Crippen molar-refractivity contribution in [1.82, 2.24) is 25.5 Å². The lowest BCUT2D eigenvalue weighted by atomic mass is 10.2. The van der Waals surface area contributed by atoms with E-state index in [1.54, 1.807) is 0 Å². The van der Waals surface area contributed by atoms with Crippen LogP contribution in [0.15, 0.2) is 12.5 Å². The van der Waals surface area contributed by atoms with Crippen molar-refractivity contribution in [2.75, 3.05) is 27.2 Å². The number of amides is 2. The number of rotatable bonds is 7. The average molecular weight is 269 g/mol. The van der Waals surface area contributed by atoms with Gasteiger partial charge in [0.1, 0.15) is 6.04 Å². The van der Waals surface area contributed by atoms with Gasteiger partial charge >= 0.3 is 12.0 Å². The summed E-state index contributed by atoms with van der Waals surface area (Å²) in [7, 11) is 3.77. The highest BCUT2D eigenvalue weighted by Gasteiger charge is 2.20. The van der Waals surface area contributed by atoms with Gasteiger partial charge < -0.3 is 25.6 Å². The summed E-state index contributed by atoms with van der Waals surface area (Å²) in [5.74, 6) is -1.09. The molecule has 0 aromatic carbocycles. The van der Waals surface area contributed by atoms with E-state index < -0.39 is 18.0 Å². The van der Waals surface area contributed by atoms with E-state index in [2.05, 4.69) is 20.6 Å². The monoisotopic (exact) mass is 269 g/mol. The molecule has 1 atom stereocenters. The number of likely N-dealkylation sites (N-methyl/N-ethyl adjacent to an activating group) is 1. The van der Waals surface area contributed by atoms with Crippen LogP contribution in [0, 0.1) is 0 Å². The van der Waals surface area contributed by atoms with Crippen molar-refractivity contribution in [3.8, 4) is 0 Å². The fourth-order valence-corrected chi connectivity index (χ4v) is 1.42. The Morgan fingerprint density at radius 1 is 1.53 bits per heavy atom. The third-order valence-corrected chi connectivity index (χ3v) is 2.43. The summed E-state index contributed by atoms with van der Waals surface area (Å²) < 4.78 is 0. The first-order chi connectivity index (χ1) is 8.99. The van der Waals surface area contributed by atoms with Gasteiger partial charge in [-0.1, -0.05) is 0 Å². The molecule has 2 amide bonds. The van der Waals surface area contributed by atoms with Crippen LogP contribution in [-0.2, 0) is 11.2 Å². The Morgan fingerprint density at radius 2 is 2.26 bits per heavy atom. The minimum atomic E-state index is -1.09. The average Bonchev–Trinajstić information content (AvgIpc) is 2.80. The summed E-state index contributed by atoms with van der Waals surface area (Å²) in [6.07, 6.45) is 3.16. The molecule has 106 valence electrons. The lowest BCUT2D eigenvalue weighted by Gasteiger charge is -2.15. The number of hydrogen-bond donors (Lipinski definition) is 4. The highest BCUT2D eigenvalue weighted by Crippen LogP contribution is 1.98. The molecule has 0 saturated carbocycles. The first kappa shape index (κ1) is 15.0. The van der Waals surface area contributed by atoms with E-state index in [4.69, 9.17) is 5.11 Å². The molecule has 0 bridgehead atoms.